The van der Waals surface area contributed by atoms with Gasteiger partial charge in [0.15, 0.2) is 21.5 Å². The van der Waals surface area contributed by atoms with Crippen molar-refractivity contribution in [2.24, 2.45) is 7.05 Å². The first-order chi connectivity index (χ1) is 22.8. The molecule has 3 aromatic heterocycles. The Labute approximate surface area is 276 Å². The molecule has 48 heavy (non-hydrogen) atoms. The van der Waals surface area contributed by atoms with Gasteiger partial charge in [-0.1, -0.05) is 38.5 Å². The molecule has 3 N–H and O–H groups in total. The maximum atomic E-state index is 15.3. The van der Waals surface area contributed by atoms with Gasteiger partial charge in [0.2, 0.25) is 0 Å². The summed E-state index contributed by atoms with van der Waals surface area (Å²) in [6.07, 6.45) is 12.5. The molecule has 11 nitrogen and oxygen atoms in total. The predicted octanol–water partition coefficient (Wildman–Crippen LogP) is 5.73. The Morgan fingerprint density at radius 1 is 1.02 bits per heavy atom. The molecule has 0 atom stereocenters. The summed E-state index contributed by atoms with van der Waals surface area (Å²) in [5.41, 5.74) is 2.38. The first-order valence-electron chi connectivity index (χ1n) is 16.0. The summed E-state index contributed by atoms with van der Waals surface area (Å²) in [6, 6.07) is 3.83. The molecule has 0 radical (unpaired) electrons. The Kier molecular flexibility index (Phi) is 10.6. The van der Waals surface area contributed by atoms with Crippen LogP contribution in [0.25, 0.3) is 22.0 Å². The standard InChI is InChI=1S/C34H39F2N5O6S/c1-40-19-26-25-13-21(20-48(2,46)47)24(33(44)37-12-10-8-6-4-3-5-7-9-11-29(42)43)15-28(25)41(32-27(36)14-23(35)17-39-32)18-22-16-38-31(30(22)26)34(40)45/h13-17,19,38H,3-12,18,20H2,1-2H3,(H,37,44)(H,42,43). The number of unbranched alkanes of at least 4 members (excludes halogenated alkanes) is 7. The topological polar surface area (TPSA) is 154 Å². The summed E-state index contributed by atoms with van der Waals surface area (Å²) >= 11 is 0. The van der Waals surface area contributed by atoms with Gasteiger partial charge >= 0.3 is 5.97 Å². The monoisotopic (exact) mass is 683 g/mol. The number of nitrogens with one attached hydrogen (secondary N) is 2. The van der Waals surface area contributed by atoms with E-state index in [9.17, 15) is 27.2 Å². The molecular weight excluding hydrogens is 644 g/mol. The van der Waals surface area contributed by atoms with Gasteiger partial charge in [0.25, 0.3) is 11.5 Å². The van der Waals surface area contributed by atoms with E-state index >= 15 is 4.39 Å². The molecule has 0 fully saturated rings. The third-order valence-corrected chi connectivity index (χ3v) is 9.36. The number of halogens is 2. The number of anilines is 2. The van der Waals surface area contributed by atoms with Crippen molar-refractivity contribution in [2.45, 2.75) is 70.1 Å². The van der Waals surface area contributed by atoms with Gasteiger partial charge in [-0.25, -0.2) is 22.2 Å². The summed E-state index contributed by atoms with van der Waals surface area (Å²) < 4.78 is 55.8. The Morgan fingerprint density at radius 3 is 2.38 bits per heavy atom. The fraction of sp³-hybridized carbons (Fsp3) is 0.412. The summed E-state index contributed by atoms with van der Waals surface area (Å²) in [5, 5.41) is 12.2. The van der Waals surface area contributed by atoms with E-state index in [0.717, 1.165) is 51.0 Å². The van der Waals surface area contributed by atoms with Crippen molar-refractivity contribution >= 4 is 44.1 Å². The molecule has 0 bridgehead atoms. The quantitative estimate of drug-likeness (QED) is 0.134. The highest BCUT2D eigenvalue weighted by molar-refractivity contribution is 7.89. The second kappa shape index (κ2) is 14.7. The second-order valence-corrected chi connectivity index (χ2v) is 14.5. The number of aromatic nitrogens is 3. The molecule has 1 amide bonds. The van der Waals surface area contributed by atoms with Crippen LogP contribution < -0.4 is 15.8 Å². The highest BCUT2D eigenvalue weighted by Crippen LogP contribution is 2.45. The number of rotatable bonds is 15. The number of aromatic amines is 1. The van der Waals surface area contributed by atoms with Crippen molar-refractivity contribution < 1.29 is 31.9 Å². The van der Waals surface area contributed by atoms with Crippen LogP contribution in [0.3, 0.4) is 0 Å². The van der Waals surface area contributed by atoms with E-state index in [1.807, 2.05) is 0 Å². The van der Waals surface area contributed by atoms with E-state index in [-0.39, 0.29) is 35.5 Å². The van der Waals surface area contributed by atoms with Gasteiger partial charge in [0.05, 0.1) is 24.2 Å². The summed E-state index contributed by atoms with van der Waals surface area (Å²) in [6.45, 7) is 0.381. The van der Waals surface area contributed by atoms with Crippen LogP contribution in [0.15, 0.2) is 41.6 Å². The first-order valence-corrected chi connectivity index (χ1v) is 18.0. The summed E-state index contributed by atoms with van der Waals surface area (Å²) in [7, 11) is -2.02. The Morgan fingerprint density at radius 2 is 1.71 bits per heavy atom. The van der Waals surface area contributed by atoms with E-state index in [4.69, 9.17) is 5.11 Å². The van der Waals surface area contributed by atoms with Crippen LogP contribution in [0.2, 0.25) is 0 Å². The molecule has 0 spiro atoms. The molecule has 0 saturated heterocycles. The first kappa shape index (κ1) is 34.7. The van der Waals surface area contributed by atoms with Gasteiger partial charge in [0, 0.05) is 66.8 Å². The minimum Gasteiger partial charge on any atom is -0.481 e. The lowest BCUT2D eigenvalue weighted by molar-refractivity contribution is -0.137. The number of nitrogens with zero attached hydrogens (tertiary/aromatic N) is 3. The summed E-state index contributed by atoms with van der Waals surface area (Å²) in [5.74, 6) is -3.69. The number of amides is 1. The summed E-state index contributed by atoms with van der Waals surface area (Å²) in [4.78, 5) is 45.8. The molecular formula is C34H39F2N5O6S. The van der Waals surface area contributed by atoms with E-state index in [1.54, 1.807) is 25.5 Å². The number of hydrogen-bond acceptors (Lipinski definition) is 7. The smallest absolute Gasteiger partial charge is 0.303 e. The van der Waals surface area contributed by atoms with Crippen LogP contribution in [-0.2, 0) is 34.0 Å². The maximum Gasteiger partial charge on any atom is 0.303 e. The fourth-order valence-electron chi connectivity index (χ4n) is 6.26. The van der Waals surface area contributed by atoms with E-state index < -0.39 is 39.1 Å². The third kappa shape index (κ3) is 7.92. The van der Waals surface area contributed by atoms with Crippen molar-refractivity contribution in [3.63, 3.8) is 0 Å². The fourth-order valence-corrected chi connectivity index (χ4v) is 7.06. The van der Waals surface area contributed by atoms with Gasteiger partial charge in [-0.2, -0.15) is 0 Å². The van der Waals surface area contributed by atoms with Gasteiger partial charge in [-0.05, 0) is 36.1 Å². The molecule has 4 aromatic rings. The van der Waals surface area contributed by atoms with Crippen LogP contribution in [0.5, 0.6) is 0 Å². The number of fused-ring (bicyclic) bond motifs is 2. The van der Waals surface area contributed by atoms with Crippen LogP contribution in [0.4, 0.5) is 20.3 Å². The van der Waals surface area contributed by atoms with E-state index in [1.165, 1.54) is 15.5 Å². The molecule has 1 aliphatic rings. The van der Waals surface area contributed by atoms with Crippen LogP contribution >= 0.6 is 0 Å². The predicted molar refractivity (Wildman–Crippen MR) is 179 cm³/mol. The minimum absolute atomic E-state index is 0.0226. The number of aryl methyl sites for hydroxylation is 1. The molecule has 4 heterocycles. The Bertz CT molecular complexity index is 2020. The molecule has 1 aromatic carbocycles. The lowest BCUT2D eigenvalue weighted by Gasteiger charge is -2.26. The molecule has 256 valence electrons. The number of carboxylic acids is 1. The lowest BCUT2D eigenvalue weighted by atomic mass is 9.96. The van der Waals surface area contributed by atoms with Gasteiger partial charge < -0.3 is 24.9 Å². The van der Waals surface area contributed by atoms with Crippen LogP contribution in [0.1, 0.15) is 79.3 Å². The molecule has 0 unspecified atom stereocenters. The Balaban J connectivity index is 1.45. The number of pyridine rings is 2. The number of carbonyl (C=O) groups excluding carboxylic acids is 1. The molecule has 14 heteroatoms. The maximum absolute atomic E-state index is 15.3. The van der Waals surface area contributed by atoms with Crippen molar-refractivity contribution in [1.29, 1.82) is 0 Å². The van der Waals surface area contributed by atoms with Gasteiger partial charge in [-0.15, -0.1) is 0 Å². The number of benzene rings is 1. The molecule has 1 aliphatic heterocycles. The van der Waals surface area contributed by atoms with Crippen LogP contribution in [0, 0.1) is 11.6 Å². The van der Waals surface area contributed by atoms with E-state index in [0.29, 0.717) is 58.7 Å². The van der Waals surface area contributed by atoms with Crippen molar-refractivity contribution in [1.82, 2.24) is 19.9 Å². The van der Waals surface area contributed by atoms with Crippen molar-refractivity contribution in [2.75, 3.05) is 17.7 Å². The third-order valence-electron chi connectivity index (χ3n) is 8.53. The molecule has 0 aliphatic carbocycles. The number of aliphatic carboxylic acids is 1. The number of H-pyrrole nitrogens is 1. The minimum atomic E-state index is -3.61. The zero-order valence-electron chi connectivity index (χ0n) is 26.9. The SMILES string of the molecule is Cn1cc2c3c(c[nH]c3c1=O)CN(c1ncc(F)cc1F)c1cc(C(=O)NCCCCCCCCCCC(=O)O)c(CS(C)(=O)=O)cc1-2. The van der Waals surface area contributed by atoms with Crippen LogP contribution in [-0.4, -0.2) is 52.7 Å². The second-order valence-electron chi connectivity index (χ2n) is 12.4. The lowest BCUT2D eigenvalue weighted by Crippen LogP contribution is -2.27. The molecule has 0 saturated carbocycles. The number of carboxylic acid groups (broad SMARTS) is 1. The zero-order chi connectivity index (χ0) is 34.6. The number of sulfone groups is 1. The van der Waals surface area contributed by atoms with Crippen molar-refractivity contribution in [3.8, 4) is 11.1 Å². The average molecular weight is 684 g/mol. The zero-order valence-corrected chi connectivity index (χ0v) is 27.8. The van der Waals surface area contributed by atoms with Crippen molar-refractivity contribution in [3.05, 3.63) is 75.5 Å². The largest absolute Gasteiger partial charge is 0.481 e. The average Bonchev–Trinajstić information content (AvgIpc) is 3.38. The number of hydrogen-bond donors (Lipinski definition) is 3. The Hall–Kier alpha value is -4.59. The number of carbonyl (C=O) groups is 2. The highest BCUT2D eigenvalue weighted by atomic mass is 32.2. The normalized spacial score (nSPS) is 12.6. The van der Waals surface area contributed by atoms with Gasteiger partial charge in [-0.3, -0.25) is 14.4 Å². The van der Waals surface area contributed by atoms with E-state index in [2.05, 4.69) is 15.3 Å². The van der Waals surface area contributed by atoms with Gasteiger partial charge in [0.1, 0.15) is 11.3 Å². The highest BCUT2D eigenvalue weighted by Gasteiger charge is 2.30. The molecule has 5 rings (SSSR count).